The Morgan fingerprint density at radius 1 is 0.152 bits per heavy atom. The summed E-state index contributed by atoms with van der Waals surface area (Å²) in [6, 6.07) is 184. The van der Waals surface area contributed by atoms with E-state index in [1.54, 1.807) is 0 Å². The maximum absolute atomic E-state index is 6.32. The van der Waals surface area contributed by atoms with E-state index in [9.17, 15) is 0 Å². The largest absolute Gasteiger partial charge is 0.456 e. The van der Waals surface area contributed by atoms with E-state index in [0.29, 0.717) is 35.3 Å². The third-order valence-corrected chi connectivity index (χ3v) is 27.2. The Labute approximate surface area is 835 Å². The number of rotatable bonds is 15. The summed E-state index contributed by atoms with van der Waals surface area (Å²) >= 11 is 0. The number of hydrogen-bond donors (Lipinski definition) is 0. The zero-order valence-electron chi connectivity index (χ0n) is 78.5. The number of hydrogen-bond acceptors (Lipinski definition) is 11. The van der Waals surface area contributed by atoms with Gasteiger partial charge in [-0.1, -0.05) is 399 Å². The third-order valence-electron chi connectivity index (χ3n) is 27.2. The molecule has 145 heavy (non-hydrogen) atoms. The van der Waals surface area contributed by atoms with Gasteiger partial charge in [0.05, 0.1) is 0 Å². The molecule has 28 rings (SSSR count). The van der Waals surface area contributed by atoms with Crippen LogP contribution in [0.1, 0.15) is 0 Å². The maximum atomic E-state index is 6.32. The van der Waals surface area contributed by atoms with Crippen LogP contribution < -0.4 is 4.90 Å². The van der Waals surface area contributed by atoms with Crippen LogP contribution in [0.2, 0.25) is 0 Å². The van der Waals surface area contributed by atoms with Gasteiger partial charge >= 0.3 is 0 Å². The first-order valence-electron chi connectivity index (χ1n) is 48.6. The van der Waals surface area contributed by atoms with E-state index in [1.165, 1.54) is 142 Å². The second-order valence-corrected chi connectivity index (χ2v) is 36.0. The van der Waals surface area contributed by atoms with Crippen LogP contribution in [0.4, 0.5) is 17.1 Å². The summed E-state index contributed by atoms with van der Waals surface area (Å²) in [4.78, 5) is 6.89. The zero-order valence-corrected chi connectivity index (χ0v) is 78.5. The highest BCUT2D eigenvalue weighted by Crippen LogP contribution is 2.46. The number of nitrogens with zero attached hydrogens (tertiary/aromatic N) is 7. The smallest absolute Gasteiger partial charge is 0.258 e. The fourth-order valence-corrected chi connectivity index (χ4v) is 20.1. The Balaban J connectivity index is 0.000000102. The van der Waals surface area contributed by atoms with Crippen molar-refractivity contribution in [3.8, 4) is 135 Å². The Kier molecular flexibility index (Phi) is 23.2. The molecule has 0 spiro atoms. The molecule has 0 unspecified atom stereocenters. The first-order chi connectivity index (χ1) is 71.9. The molecule has 0 amide bonds. The summed E-state index contributed by atoms with van der Waals surface area (Å²) in [5.74, 6) is 3.19. The van der Waals surface area contributed by atoms with E-state index in [0.717, 1.165) is 83.5 Å². The molecule has 0 saturated carbocycles. The molecule has 0 saturated heterocycles. The van der Waals surface area contributed by atoms with Gasteiger partial charge in [-0.25, -0.2) is 0 Å². The number of anilines is 3. The molecule has 11 heteroatoms. The minimum Gasteiger partial charge on any atom is -0.456 e. The highest BCUT2D eigenvalue weighted by Gasteiger charge is 2.23. The molecule has 11 nitrogen and oxygen atoms in total. The first kappa shape index (κ1) is 86.9. The minimum absolute atomic E-state index is 0.511. The summed E-state index contributed by atoms with van der Waals surface area (Å²) in [6.45, 7) is 0. The van der Waals surface area contributed by atoms with Crippen LogP contribution in [0.3, 0.4) is 0 Å². The Morgan fingerprint density at radius 2 is 0.379 bits per heavy atom. The molecule has 0 aliphatic heterocycles. The van der Waals surface area contributed by atoms with Crippen LogP contribution in [0.15, 0.2) is 546 Å². The lowest BCUT2D eigenvalue weighted by atomic mass is 9.92. The van der Waals surface area contributed by atoms with E-state index in [-0.39, 0.29) is 0 Å². The van der Waals surface area contributed by atoms with Crippen molar-refractivity contribution in [2.75, 3.05) is 4.90 Å². The lowest BCUT2D eigenvalue weighted by Gasteiger charge is -2.26. The van der Waals surface area contributed by atoms with E-state index < -0.39 is 0 Å². The van der Waals surface area contributed by atoms with E-state index in [1.807, 2.05) is 115 Å². The molecule has 4 aromatic heterocycles. The molecule has 24 aromatic carbocycles. The zero-order chi connectivity index (χ0) is 96.3. The molecule has 4 heterocycles. The summed E-state index contributed by atoms with van der Waals surface area (Å²) in [5, 5.41) is 43.5. The number of aromatic nitrogens is 6. The Bertz CT molecular complexity index is 9140. The molecule has 0 aliphatic rings. The van der Waals surface area contributed by atoms with Crippen LogP contribution in [0, 0.1) is 0 Å². The number of fused-ring (bicyclic) bond motifs is 11. The van der Waals surface area contributed by atoms with Gasteiger partial charge in [0, 0.05) is 67.3 Å². The summed E-state index contributed by atoms with van der Waals surface area (Å²) in [5.41, 5.74) is 24.9. The van der Waals surface area contributed by atoms with Gasteiger partial charge in [0.15, 0.2) is 0 Å². The van der Waals surface area contributed by atoms with Gasteiger partial charge < -0.3 is 22.7 Å². The van der Waals surface area contributed by atoms with Gasteiger partial charge in [0.2, 0.25) is 29.4 Å². The van der Waals surface area contributed by atoms with Crippen LogP contribution in [0.25, 0.3) is 244 Å². The number of furan rings is 1. The highest BCUT2D eigenvalue weighted by atomic mass is 16.5. The van der Waals surface area contributed by atoms with Crippen molar-refractivity contribution in [2.45, 2.75) is 0 Å². The quantitative estimate of drug-likeness (QED) is 0.0908. The summed E-state index contributed by atoms with van der Waals surface area (Å²) in [7, 11) is 0. The fraction of sp³-hybridized carbons (Fsp3) is 0. The molecule has 0 radical (unpaired) electrons. The Hall–Kier alpha value is -19.6. The van der Waals surface area contributed by atoms with Crippen molar-refractivity contribution < 1.29 is 17.8 Å². The second-order valence-electron chi connectivity index (χ2n) is 36.0. The van der Waals surface area contributed by atoms with Gasteiger partial charge in [-0.05, 0) is 280 Å². The average Bonchev–Trinajstić information content (AvgIpc) is 1.45. The molecule has 0 bridgehead atoms. The normalized spacial score (nSPS) is 11.3. The van der Waals surface area contributed by atoms with Gasteiger partial charge in [-0.3, -0.25) is 0 Å². The average molecular weight is 1860 g/mol. The summed E-state index contributed by atoms with van der Waals surface area (Å²) < 4.78 is 23.8. The van der Waals surface area contributed by atoms with Gasteiger partial charge in [-0.2, -0.15) is 4.98 Å². The van der Waals surface area contributed by atoms with Crippen molar-refractivity contribution in [1.82, 2.24) is 30.5 Å². The topological polar surface area (TPSA) is 133 Å². The van der Waals surface area contributed by atoms with E-state index in [4.69, 9.17) is 17.8 Å². The van der Waals surface area contributed by atoms with Crippen molar-refractivity contribution in [3.05, 3.63) is 528 Å². The van der Waals surface area contributed by atoms with Crippen LogP contribution in [-0.2, 0) is 0 Å². The van der Waals surface area contributed by atoms with Crippen molar-refractivity contribution in [1.29, 1.82) is 0 Å². The second kappa shape index (κ2) is 38.6. The van der Waals surface area contributed by atoms with Crippen LogP contribution in [-0.4, -0.2) is 30.5 Å². The molecule has 682 valence electrons. The third kappa shape index (κ3) is 17.4. The first-order valence-corrected chi connectivity index (χ1v) is 48.6. The molecular formula is C134H87N7O4. The maximum Gasteiger partial charge on any atom is 0.258 e. The van der Waals surface area contributed by atoms with Gasteiger partial charge in [-0.15, -0.1) is 20.4 Å². The molecule has 0 fully saturated rings. The predicted molar refractivity (Wildman–Crippen MR) is 597 cm³/mol. The minimum atomic E-state index is 0.511. The molecule has 28 aromatic rings. The molecule has 0 atom stereocenters. The van der Waals surface area contributed by atoms with Crippen LogP contribution in [0.5, 0.6) is 0 Å². The van der Waals surface area contributed by atoms with E-state index in [2.05, 4.69) is 448 Å². The van der Waals surface area contributed by atoms with Crippen molar-refractivity contribution in [3.63, 3.8) is 0 Å². The number of para-hydroxylation sites is 1. The molecular weight excluding hydrogens is 1770 g/mol. The standard InChI is InChI=1S/C44H29NO.C34H22N2O.2C28H18N2O/c1-2-10-30(11-3-1)31-18-22-35(23-19-31)45(37-26-27-41-40-16-8-9-17-42(40)46-43(41)29-37)36-24-20-32(21-25-36)44-38-14-6-4-12-33(38)28-34-13-5-7-15-39(34)44;1-2-8-23(9-3-1)24-14-18-26(19-15-24)33-35-36-34(37-33)27-20-16-25(17-21-27)32-30-12-6-4-10-28(30)22-29-11-5-7-13-31(29)32;1-2-8-21(9-3-1)28-29-27(30-31-28)20-16-14-19(15-17-20)26-24-12-6-4-10-22(24)18-23-11-5-7-13-25(23)26;1-2-8-20(9-3-1)27-29-30-28(31-27)21-16-14-19(15-17-21)26-24-12-6-4-10-22(24)18-23-11-5-7-13-25(23)26/h1-29H;1-22H;2*1-18H. The van der Waals surface area contributed by atoms with E-state index >= 15 is 0 Å². The number of benzene rings is 24. The van der Waals surface area contributed by atoms with Crippen molar-refractivity contribution >= 4 is 125 Å². The monoisotopic (exact) mass is 1860 g/mol. The van der Waals surface area contributed by atoms with Crippen molar-refractivity contribution in [2.24, 2.45) is 0 Å². The van der Waals surface area contributed by atoms with Gasteiger partial charge in [0.25, 0.3) is 5.89 Å². The lowest BCUT2D eigenvalue weighted by Crippen LogP contribution is -2.09. The fourth-order valence-electron chi connectivity index (χ4n) is 20.1. The predicted octanol–water partition coefficient (Wildman–Crippen LogP) is 36.5. The summed E-state index contributed by atoms with van der Waals surface area (Å²) in [6.07, 6.45) is 0. The lowest BCUT2D eigenvalue weighted by molar-refractivity contribution is 0.432. The molecule has 0 aliphatic carbocycles. The Morgan fingerprint density at radius 3 is 0.710 bits per heavy atom. The molecule has 0 N–H and O–H groups in total. The van der Waals surface area contributed by atoms with Gasteiger partial charge in [0.1, 0.15) is 11.2 Å². The highest BCUT2D eigenvalue weighted by molar-refractivity contribution is 6.17. The van der Waals surface area contributed by atoms with Crippen LogP contribution >= 0.6 is 0 Å². The SMILES string of the molecule is c1ccc(-c2ccc(-c3nnc(-c4ccc(-c5c6ccccc6cc6ccccc56)cc4)o3)cc2)cc1.c1ccc(-c2ccc(N(c3ccc(-c4c5ccccc5cc5ccccc45)cc3)c3ccc4c(c3)oc3ccccc34)cc2)cc1.c1ccc(-c2nc(-c3ccc(-c4c5ccccc5cc5ccccc45)cc3)no2)cc1.c1ccc(-c2nnc(-c3ccc(-c4c5ccccc5cc5ccccc45)cc3)o2)cc1.